The predicted octanol–water partition coefficient (Wildman–Crippen LogP) is 4.79. The van der Waals surface area contributed by atoms with Gasteiger partial charge in [-0.3, -0.25) is 0 Å². The highest BCUT2D eigenvalue weighted by atomic mass is 79.9. The minimum atomic E-state index is 0.926. The van der Waals surface area contributed by atoms with Crippen LogP contribution in [0.2, 0.25) is 0 Å². The molecule has 1 aliphatic heterocycles. The highest BCUT2D eigenvalue weighted by Crippen LogP contribution is 2.22. The Morgan fingerprint density at radius 3 is 2.38 bits per heavy atom. The Hall–Kier alpha value is -0.840. The first kappa shape index (κ1) is 15.1. The van der Waals surface area contributed by atoms with Crippen molar-refractivity contribution in [1.82, 2.24) is 5.32 Å². The number of anilines is 1. The summed E-state index contributed by atoms with van der Waals surface area (Å²) in [6, 6.07) is 13.3. The zero-order chi connectivity index (χ0) is 14.5. The zero-order valence-corrected chi connectivity index (χ0v) is 14.5. The summed E-state index contributed by atoms with van der Waals surface area (Å²) in [5, 5.41) is 3.51. The number of piperidine rings is 1. The fraction of sp³-hybridized carbons (Fsp3) is 0.412. The molecule has 0 radical (unpaired) electrons. The van der Waals surface area contributed by atoms with Crippen LogP contribution >= 0.6 is 27.3 Å². The Kier molecular flexibility index (Phi) is 5.33. The first-order chi connectivity index (χ1) is 10.3. The van der Waals surface area contributed by atoms with E-state index in [1.165, 1.54) is 52.3 Å². The summed E-state index contributed by atoms with van der Waals surface area (Å²) in [5.41, 5.74) is 2.73. The molecule has 1 N–H and O–H groups in total. The molecule has 2 heterocycles. The molecule has 2 aromatic rings. The van der Waals surface area contributed by atoms with E-state index in [4.69, 9.17) is 0 Å². The second-order valence-electron chi connectivity index (χ2n) is 5.52. The monoisotopic (exact) mass is 364 g/mol. The second kappa shape index (κ2) is 7.43. The molecule has 21 heavy (non-hydrogen) atoms. The maximum atomic E-state index is 3.51. The van der Waals surface area contributed by atoms with Gasteiger partial charge in [0.2, 0.25) is 0 Å². The van der Waals surface area contributed by atoms with Crippen LogP contribution in [0.3, 0.4) is 0 Å². The predicted molar refractivity (Wildman–Crippen MR) is 95.1 cm³/mol. The lowest BCUT2D eigenvalue weighted by Crippen LogP contribution is -2.29. The Bertz CT molecular complexity index is 558. The van der Waals surface area contributed by atoms with Gasteiger partial charge in [0, 0.05) is 36.7 Å². The van der Waals surface area contributed by atoms with E-state index in [1.54, 1.807) is 11.3 Å². The third-order valence-corrected chi connectivity index (χ3v) is 5.54. The molecule has 1 aromatic heterocycles. The number of nitrogens with zero attached hydrogens (tertiary/aromatic N) is 1. The number of rotatable bonds is 5. The van der Waals surface area contributed by atoms with Crippen LogP contribution in [0, 0.1) is 0 Å². The Morgan fingerprint density at radius 2 is 1.71 bits per heavy atom. The van der Waals surface area contributed by atoms with Gasteiger partial charge in [-0.05, 0) is 65.0 Å². The summed E-state index contributed by atoms with van der Waals surface area (Å²) < 4.78 is 1.20. The van der Waals surface area contributed by atoms with E-state index in [0.29, 0.717) is 0 Å². The quantitative estimate of drug-likeness (QED) is 0.820. The van der Waals surface area contributed by atoms with Gasteiger partial charge in [-0.1, -0.05) is 12.1 Å². The van der Waals surface area contributed by atoms with Crippen molar-refractivity contribution < 1.29 is 0 Å². The van der Waals surface area contributed by atoms with Crippen molar-refractivity contribution >= 4 is 33.0 Å². The minimum absolute atomic E-state index is 0.926. The zero-order valence-electron chi connectivity index (χ0n) is 12.1. The maximum Gasteiger partial charge on any atom is 0.0701 e. The average Bonchev–Trinajstić information content (AvgIpc) is 2.94. The largest absolute Gasteiger partial charge is 0.372 e. The Balaban J connectivity index is 1.49. The number of hydrogen-bond donors (Lipinski definition) is 1. The third kappa shape index (κ3) is 4.31. The molecular weight excluding hydrogens is 344 g/mol. The van der Waals surface area contributed by atoms with Crippen molar-refractivity contribution in [2.24, 2.45) is 0 Å². The number of thiophene rings is 1. The lowest BCUT2D eigenvalue weighted by molar-refractivity contribution is 0.578. The highest BCUT2D eigenvalue weighted by Gasteiger charge is 2.10. The molecular formula is C17H21BrN2S. The molecule has 1 aromatic carbocycles. The highest BCUT2D eigenvalue weighted by molar-refractivity contribution is 9.11. The molecule has 3 rings (SSSR count). The summed E-state index contributed by atoms with van der Waals surface area (Å²) in [6.45, 7) is 4.29. The molecule has 1 fully saturated rings. The summed E-state index contributed by atoms with van der Waals surface area (Å²) in [4.78, 5) is 3.87. The van der Waals surface area contributed by atoms with E-state index in [0.717, 1.165) is 13.1 Å². The average molecular weight is 365 g/mol. The molecule has 0 saturated carbocycles. The summed E-state index contributed by atoms with van der Waals surface area (Å²) >= 11 is 5.29. The van der Waals surface area contributed by atoms with Gasteiger partial charge in [0.1, 0.15) is 0 Å². The van der Waals surface area contributed by atoms with Gasteiger partial charge >= 0.3 is 0 Å². The van der Waals surface area contributed by atoms with Crippen LogP contribution in [0.25, 0.3) is 0 Å². The normalized spacial score (nSPS) is 15.4. The number of benzene rings is 1. The molecule has 0 amide bonds. The molecule has 2 nitrogen and oxygen atoms in total. The van der Waals surface area contributed by atoms with E-state index in [1.807, 2.05) is 0 Å². The second-order valence-corrected chi connectivity index (χ2v) is 8.07. The number of nitrogens with one attached hydrogen (secondary N) is 1. The van der Waals surface area contributed by atoms with Crippen molar-refractivity contribution in [2.75, 3.05) is 18.0 Å². The first-order valence-corrected chi connectivity index (χ1v) is 9.21. The molecule has 1 aliphatic rings. The number of halogens is 1. The van der Waals surface area contributed by atoms with E-state index in [-0.39, 0.29) is 0 Å². The van der Waals surface area contributed by atoms with Gasteiger partial charge in [-0.2, -0.15) is 0 Å². The van der Waals surface area contributed by atoms with Crippen molar-refractivity contribution in [3.8, 4) is 0 Å². The molecule has 0 spiro atoms. The van der Waals surface area contributed by atoms with Crippen molar-refractivity contribution in [3.63, 3.8) is 0 Å². The van der Waals surface area contributed by atoms with Crippen molar-refractivity contribution in [2.45, 2.75) is 32.4 Å². The van der Waals surface area contributed by atoms with Crippen LogP contribution in [0.1, 0.15) is 29.7 Å². The molecule has 112 valence electrons. The molecule has 0 aliphatic carbocycles. The van der Waals surface area contributed by atoms with Crippen LogP contribution in [0.15, 0.2) is 40.2 Å². The van der Waals surface area contributed by atoms with Gasteiger partial charge < -0.3 is 10.2 Å². The fourth-order valence-electron chi connectivity index (χ4n) is 2.75. The van der Waals surface area contributed by atoms with Crippen LogP contribution in [-0.2, 0) is 13.1 Å². The van der Waals surface area contributed by atoms with E-state index < -0.39 is 0 Å². The lowest BCUT2D eigenvalue weighted by Gasteiger charge is -2.28. The fourth-order valence-corrected chi connectivity index (χ4v) is 4.21. The summed E-state index contributed by atoms with van der Waals surface area (Å²) in [7, 11) is 0. The van der Waals surface area contributed by atoms with Crippen LogP contribution in [0.4, 0.5) is 5.69 Å². The van der Waals surface area contributed by atoms with Gasteiger partial charge in [-0.25, -0.2) is 0 Å². The van der Waals surface area contributed by atoms with E-state index in [2.05, 4.69) is 62.5 Å². The Morgan fingerprint density at radius 1 is 0.952 bits per heavy atom. The standard InChI is InChI=1S/C17H21BrN2S/c18-17-9-8-16(21-17)13-19-12-14-4-6-15(7-5-14)20-10-2-1-3-11-20/h4-9,19H,1-3,10-13H2. The molecule has 4 heteroatoms. The molecule has 1 saturated heterocycles. The van der Waals surface area contributed by atoms with Gasteiger partial charge in [0.05, 0.1) is 3.79 Å². The van der Waals surface area contributed by atoms with E-state index in [9.17, 15) is 0 Å². The van der Waals surface area contributed by atoms with Crippen molar-refractivity contribution in [3.05, 3.63) is 50.6 Å². The molecule has 0 unspecified atom stereocenters. The summed E-state index contributed by atoms with van der Waals surface area (Å²) in [5.74, 6) is 0. The topological polar surface area (TPSA) is 15.3 Å². The third-order valence-electron chi connectivity index (χ3n) is 3.91. The van der Waals surface area contributed by atoms with Gasteiger partial charge in [0.15, 0.2) is 0 Å². The molecule has 0 atom stereocenters. The van der Waals surface area contributed by atoms with Crippen LogP contribution < -0.4 is 10.2 Å². The summed E-state index contributed by atoms with van der Waals surface area (Å²) in [6.07, 6.45) is 4.05. The molecule has 0 bridgehead atoms. The SMILES string of the molecule is Brc1ccc(CNCc2ccc(N3CCCCC3)cc2)s1. The minimum Gasteiger partial charge on any atom is -0.372 e. The number of hydrogen-bond acceptors (Lipinski definition) is 3. The van der Waals surface area contributed by atoms with Gasteiger partial charge in [-0.15, -0.1) is 11.3 Å². The van der Waals surface area contributed by atoms with Crippen LogP contribution in [-0.4, -0.2) is 13.1 Å². The lowest BCUT2D eigenvalue weighted by atomic mass is 10.1. The van der Waals surface area contributed by atoms with Crippen LogP contribution in [0.5, 0.6) is 0 Å². The Labute approximate surface area is 139 Å². The first-order valence-electron chi connectivity index (χ1n) is 7.60. The maximum absolute atomic E-state index is 3.51. The van der Waals surface area contributed by atoms with E-state index >= 15 is 0 Å². The van der Waals surface area contributed by atoms with Crippen molar-refractivity contribution in [1.29, 1.82) is 0 Å². The van der Waals surface area contributed by atoms with Gasteiger partial charge in [0.25, 0.3) is 0 Å². The smallest absolute Gasteiger partial charge is 0.0701 e.